The Morgan fingerprint density at radius 3 is 2.65 bits per heavy atom. The van der Waals surface area contributed by atoms with E-state index in [0.717, 1.165) is 18.4 Å². The summed E-state index contributed by atoms with van der Waals surface area (Å²) < 4.78 is 18.6. The predicted molar refractivity (Wildman–Crippen MR) is 77.1 cm³/mol. The van der Waals surface area contributed by atoms with Crippen LogP contribution in [0, 0.1) is 11.7 Å². The van der Waals surface area contributed by atoms with Gasteiger partial charge in [-0.25, -0.2) is 4.39 Å². The minimum atomic E-state index is -0.273. The molecule has 0 spiro atoms. The number of hydrogen-bond donors (Lipinski definition) is 0. The third kappa shape index (κ3) is 4.41. The summed E-state index contributed by atoms with van der Waals surface area (Å²) in [5.74, 6) is 0.393. The lowest BCUT2D eigenvalue weighted by molar-refractivity contribution is -0.127. The highest BCUT2D eigenvalue weighted by Gasteiger charge is 2.24. The van der Waals surface area contributed by atoms with Crippen LogP contribution < -0.4 is 0 Å². The smallest absolute Gasteiger partial charge is 0.162 e. The Bertz CT molecular complexity index is 427. The topological polar surface area (TPSA) is 26.3 Å². The normalized spacial score (nSPS) is 22.7. The van der Waals surface area contributed by atoms with Gasteiger partial charge in [-0.2, -0.15) is 0 Å². The summed E-state index contributed by atoms with van der Waals surface area (Å²) in [6.07, 6.45) is 6.46. The molecule has 0 aromatic heterocycles. The van der Waals surface area contributed by atoms with Crippen LogP contribution in [-0.2, 0) is 16.0 Å². The van der Waals surface area contributed by atoms with Gasteiger partial charge in [0, 0.05) is 6.42 Å². The summed E-state index contributed by atoms with van der Waals surface area (Å²) in [5, 5.41) is 0. The molecular formula is C17H23FO2. The summed E-state index contributed by atoms with van der Waals surface area (Å²) in [4.78, 5) is 11.9. The Morgan fingerprint density at radius 2 is 1.95 bits per heavy atom. The van der Waals surface area contributed by atoms with Gasteiger partial charge in [0.15, 0.2) is 5.78 Å². The summed E-state index contributed by atoms with van der Waals surface area (Å²) in [6, 6.07) is 6.08. The summed E-state index contributed by atoms with van der Waals surface area (Å²) >= 11 is 0. The third-order valence-corrected chi connectivity index (χ3v) is 4.14. The van der Waals surface area contributed by atoms with Crippen molar-refractivity contribution >= 4 is 5.78 Å². The molecule has 0 saturated heterocycles. The highest BCUT2D eigenvalue weighted by Crippen LogP contribution is 2.29. The van der Waals surface area contributed by atoms with E-state index in [0.29, 0.717) is 12.3 Å². The van der Waals surface area contributed by atoms with Crippen LogP contribution in [0.5, 0.6) is 0 Å². The van der Waals surface area contributed by atoms with Gasteiger partial charge in [0.2, 0.25) is 0 Å². The summed E-state index contributed by atoms with van der Waals surface area (Å²) in [6.45, 7) is 2.37. The number of benzene rings is 1. The van der Waals surface area contributed by atoms with Crippen molar-refractivity contribution < 1.29 is 13.9 Å². The van der Waals surface area contributed by atoms with Crippen LogP contribution in [0.15, 0.2) is 24.3 Å². The van der Waals surface area contributed by atoms with Crippen LogP contribution in [-0.4, -0.2) is 18.5 Å². The lowest BCUT2D eigenvalue weighted by Gasteiger charge is -2.30. The molecule has 3 heteroatoms. The van der Waals surface area contributed by atoms with Crippen LogP contribution in [0.4, 0.5) is 4.39 Å². The molecule has 2 unspecified atom stereocenters. The number of Topliss-reactive ketones (excluding diaryl/α,β-unsaturated/α-hetero) is 1. The van der Waals surface area contributed by atoms with Gasteiger partial charge in [0.05, 0.1) is 6.10 Å². The van der Waals surface area contributed by atoms with E-state index in [1.165, 1.54) is 31.4 Å². The third-order valence-electron chi connectivity index (χ3n) is 4.14. The van der Waals surface area contributed by atoms with Gasteiger partial charge in [-0.15, -0.1) is 0 Å². The number of hydrogen-bond acceptors (Lipinski definition) is 2. The Hall–Kier alpha value is -1.22. The van der Waals surface area contributed by atoms with E-state index in [4.69, 9.17) is 4.74 Å². The van der Waals surface area contributed by atoms with E-state index in [1.807, 2.05) is 0 Å². The van der Waals surface area contributed by atoms with Crippen molar-refractivity contribution in [1.29, 1.82) is 0 Å². The first-order valence-electron chi connectivity index (χ1n) is 7.56. The second-order valence-electron chi connectivity index (χ2n) is 5.64. The van der Waals surface area contributed by atoms with Gasteiger partial charge >= 0.3 is 0 Å². The average Bonchev–Trinajstić information content (AvgIpc) is 2.48. The minimum absolute atomic E-state index is 0.0667. The van der Waals surface area contributed by atoms with Crippen molar-refractivity contribution in [2.24, 2.45) is 5.92 Å². The van der Waals surface area contributed by atoms with Crippen molar-refractivity contribution in [1.82, 2.24) is 0 Å². The van der Waals surface area contributed by atoms with Crippen molar-refractivity contribution in [2.45, 2.75) is 51.6 Å². The molecule has 1 aromatic carbocycles. The first-order chi connectivity index (χ1) is 9.69. The highest BCUT2D eigenvalue weighted by atomic mass is 19.1. The molecule has 2 atom stereocenters. The van der Waals surface area contributed by atoms with Crippen molar-refractivity contribution in [3.8, 4) is 0 Å². The lowest BCUT2D eigenvalue weighted by atomic mass is 9.85. The van der Waals surface area contributed by atoms with Crippen LogP contribution in [0.25, 0.3) is 0 Å². The van der Waals surface area contributed by atoms with Crippen LogP contribution in [0.3, 0.4) is 0 Å². The van der Waals surface area contributed by atoms with Gasteiger partial charge in [-0.1, -0.05) is 38.3 Å². The van der Waals surface area contributed by atoms with Crippen molar-refractivity contribution in [2.75, 3.05) is 6.61 Å². The quantitative estimate of drug-likeness (QED) is 0.788. The zero-order valence-corrected chi connectivity index (χ0v) is 12.1. The molecule has 0 amide bonds. The maximum absolute atomic E-state index is 12.8. The van der Waals surface area contributed by atoms with Gasteiger partial charge in [0.25, 0.3) is 0 Å². The zero-order chi connectivity index (χ0) is 14.4. The van der Waals surface area contributed by atoms with E-state index >= 15 is 0 Å². The zero-order valence-electron chi connectivity index (χ0n) is 12.1. The van der Waals surface area contributed by atoms with Crippen molar-refractivity contribution in [3.63, 3.8) is 0 Å². The fourth-order valence-corrected chi connectivity index (χ4v) is 2.94. The molecule has 0 N–H and O–H groups in total. The summed E-state index contributed by atoms with van der Waals surface area (Å²) in [5.41, 5.74) is 0.843. The molecule has 0 radical (unpaired) electrons. The molecule has 1 saturated carbocycles. The van der Waals surface area contributed by atoms with E-state index < -0.39 is 0 Å². The van der Waals surface area contributed by atoms with E-state index in [-0.39, 0.29) is 24.3 Å². The largest absolute Gasteiger partial charge is 0.370 e. The summed E-state index contributed by atoms with van der Waals surface area (Å²) in [7, 11) is 0. The number of carbonyl (C=O) groups excluding carboxylic acids is 1. The fraction of sp³-hybridized carbons (Fsp3) is 0.588. The van der Waals surface area contributed by atoms with Gasteiger partial charge < -0.3 is 4.74 Å². The lowest BCUT2D eigenvalue weighted by Crippen LogP contribution is -2.29. The molecule has 1 aliphatic carbocycles. The first kappa shape index (κ1) is 15.2. The molecule has 0 aliphatic heterocycles. The molecule has 0 bridgehead atoms. The fourth-order valence-electron chi connectivity index (χ4n) is 2.94. The maximum Gasteiger partial charge on any atom is 0.162 e. The highest BCUT2D eigenvalue weighted by molar-refractivity contribution is 5.82. The molecule has 1 fully saturated rings. The predicted octanol–water partition coefficient (Wildman–Crippen LogP) is 3.92. The number of halogens is 1. The van der Waals surface area contributed by atoms with Gasteiger partial charge in [-0.3, -0.25) is 4.79 Å². The second kappa shape index (κ2) is 7.53. The maximum atomic E-state index is 12.8. The second-order valence-corrected chi connectivity index (χ2v) is 5.64. The standard InChI is InChI=1S/C17H23FO2/c1-2-14-5-3-4-6-17(14)20-12-16(19)11-13-7-9-15(18)10-8-13/h7-10,14,17H,2-6,11-12H2,1H3. The van der Waals surface area contributed by atoms with Gasteiger partial charge in [-0.05, 0) is 36.5 Å². The molecule has 20 heavy (non-hydrogen) atoms. The molecule has 110 valence electrons. The molecule has 0 heterocycles. The monoisotopic (exact) mass is 278 g/mol. The number of rotatable bonds is 6. The number of ether oxygens (including phenoxy) is 1. The Labute approximate surface area is 120 Å². The minimum Gasteiger partial charge on any atom is -0.370 e. The molecule has 2 nitrogen and oxygen atoms in total. The number of carbonyl (C=O) groups is 1. The van der Waals surface area contributed by atoms with E-state index in [2.05, 4.69) is 6.92 Å². The first-order valence-corrected chi connectivity index (χ1v) is 7.56. The van der Waals surface area contributed by atoms with Crippen LogP contribution in [0.1, 0.15) is 44.6 Å². The number of ketones is 1. The molecule has 1 aliphatic rings. The van der Waals surface area contributed by atoms with Gasteiger partial charge in [0.1, 0.15) is 12.4 Å². The Morgan fingerprint density at radius 1 is 1.25 bits per heavy atom. The van der Waals surface area contributed by atoms with Crippen LogP contribution >= 0.6 is 0 Å². The van der Waals surface area contributed by atoms with E-state index in [9.17, 15) is 9.18 Å². The molecule has 2 rings (SSSR count). The molecule has 1 aromatic rings. The SMILES string of the molecule is CCC1CCCCC1OCC(=O)Cc1ccc(F)cc1. The average molecular weight is 278 g/mol. The van der Waals surface area contributed by atoms with E-state index in [1.54, 1.807) is 12.1 Å². The Kier molecular flexibility index (Phi) is 5.72. The Balaban J connectivity index is 1.78. The van der Waals surface area contributed by atoms with Crippen molar-refractivity contribution in [3.05, 3.63) is 35.6 Å². The molecular weight excluding hydrogens is 255 g/mol. The van der Waals surface area contributed by atoms with Crippen LogP contribution in [0.2, 0.25) is 0 Å².